The van der Waals surface area contributed by atoms with E-state index in [4.69, 9.17) is 4.74 Å². The van der Waals surface area contributed by atoms with Crippen molar-refractivity contribution >= 4 is 5.91 Å². The Hall–Kier alpha value is -0.650. The van der Waals surface area contributed by atoms with Crippen LogP contribution in [0.5, 0.6) is 0 Å². The number of hydrazine groups is 1. The Morgan fingerprint density at radius 1 is 1.25 bits per heavy atom. The Labute approximate surface area is 96.5 Å². The normalized spacial score (nSPS) is 23.5. The zero-order valence-corrected chi connectivity index (χ0v) is 9.71. The molecule has 0 aromatic rings. The van der Waals surface area contributed by atoms with Crippen molar-refractivity contribution in [1.82, 2.24) is 15.8 Å². The van der Waals surface area contributed by atoms with E-state index in [1.54, 1.807) is 0 Å². The highest BCUT2D eigenvalue weighted by Gasteiger charge is 2.17. The van der Waals surface area contributed by atoms with Gasteiger partial charge < -0.3 is 10.1 Å². The Balaban J connectivity index is 1.59. The molecule has 2 N–H and O–H groups in total. The number of carbonyl (C=O) groups is 1. The minimum atomic E-state index is 0.110. The Morgan fingerprint density at radius 3 is 2.62 bits per heavy atom. The summed E-state index contributed by atoms with van der Waals surface area (Å²) in [5.41, 5.74) is 3.14. The Kier molecular flexibility index (Phi) is 4.56. The fourth-order valence-corrected chi connectivity index (χ4v) is 2.25. The summed E-state index contributed by atoms with van der Waals surface area (Å²) in [6.07, 6.45) is 4.79. The first-order valence-electron chi connectivity index (χ1n) is 6.20. The second-order valence-electron chi connectivity index (χ2n) is 4.48. The largest absolute Gasteiger partial charge is 0.379 e. The van der Waals surface area contributed by atoms with Crippen LogP contribution in [0.1, 0.15) is 25.7 Å². The number of ether oxygens (including phenoxy) is 1. The van der Waals surface area contributed by atoms with Crippen molar-refractivity contribution in [3.05, 3.63) is 0 Å². The van der Waals surface area contributed by atoms with Crippen molar-refractivity contribution in [3.8, 4) is 0 Å². The number of hydrogen-bond donors (Lipinski definition) is 2. The van der Waals surface area contributed by atoms with E-state index in [0.717, 1.165) is 39.1 Å². The molecular formula is C11H21N3O2. The molecule has 1 saturated carbocycles. The molecule has 0 aromatic heterocycles. The Bertz CT molecular complexity index is 223. The van der Waals surface area contributed by atoms with E-state index in [9.17, 15) is 4.79 Å². The van der Waals surface area contributed by atoms with E-state index in [0.29, 0.717) is 12.6 Å². The third kappa shape index (κ3) is 3.73. The van der Waals surface area contributed by atoms with Crippen LogP contribution in [0.2, 0.25) is 0 Å². The zero-order valence-electron chi connectivity index (χ0n) is 9.71. The molecule has 0 unspecified atom stereocenters. The highest BCUT2D eigenvalue weighted by atomic mass is 16.5. The maximum absolute atomic E-state index is 11.6. The van der Waals surface area contributed by atoms with E-state index >= 15 is 0 Å². The van der Waals surface area contributed by atoms with Gasteiger partial charge in [0.1, 0.15) is 0 Å². The summed E-state index contributed by atoms with van der Waals surface area (Å²) in [6.45, 7) is 3.60. The molecule has 0 radical (unpaired) electrons. The number of nitrogens with zero attached hydrogens (tertiary/aromatic N) is 1. The molecular weight excluding hydrogens is 206 g/mol. The summed E-state index contributed by atoms with van der Waals surface area (Å²) >= 11 is 0. The van der Waals surface area contributed by atoms with Crippen molar-refractivity contribution in [2.24, 2.45) is 0 Å². The predicted octanol–water partition coefficient (Wildman–Crippen LogP) is -0.118. The molecule has 2 rings (SSSR count). The first-order valence-corrected chi connectivity index (χ1v) is 6.20. The number of rotatable bonds is 4. The van der Waals surface area contributed by atoms with Gasteiger partial charge >= 0.3 is 0 Å². The average Bonchev–Trinajstić information content (AvgIpc) is 2.81. The van der Waals surface area contributed by atoms with Gasteiger partial charge in [-0.1, -0.05) is 12.8 Å². The van der Waals surface area contributed by atoms with Gasteiger partial charge in [-0.15, -0.1) is 0 Å². The predicted molar refractivity (Wildman–Crippen MR) is 60.8 cm³/mol. The molecule has 1 heterocycles. The van der Waals surface area contributed by atoms with Gasteiger partial charge in [-0.2, -0.15) is 0 Å². The lowest BCUT2D eigenvalue weighted by Gasteiger charge is -2.27. The smallest absolute Gasteiger partial charge is 0.235 e. The fourth-order valence-electron chi connectivity index (χ4n) is 2.25. The number of hydrogen-bond acceptors (Lipinski definition) is 4. The molecule has 0 atom stereocenters. The average molecular weight is 227 g/mol. The molecule has 0 spiro atoms. The standard InChI is InChI=1S/C11H21N3O2/c15-11(13-10-3-1-2-4-10)9-12-14-5-7-16-8-6-14/h10,12H,1-9H2,(H,13,15). The molecule has 1 saturated heterocycles. The zero-order chi connectivity index (χ0) is 11.2. The van der Waals surface area contributed by atoms with Crippen molar-refractivity contribution in [3.63, 3.8) is 0 Å². The summed E-state index contributed by atoms with van der Waals surface area (Å²) in [5.74, 6) is 0.110. The molecule has 2 aliphatic rings. The third-order valence-corrected chi connectivity index (χ3v) is 3.19. The maximum atomic E-state index is 11.6. The highest BCUT2D eigenvalue weighted by molar-refractivity contribution is 5.78. The van der Waals surface area contributed by atoms with Gasteiger partial charge in [0.15, 0.2) is 0 Å². The van der Waals surface area contributed by atoms with Crippen LogP contribution in [0, 0.1) is 0 Å². The topological polar surface area (TPSA) is 53.6 Å². The minimum Gasteiger partial charge on any atom is -0.379 e. The lowest BCUT2D eigenvalue weighted by atomic mass is 10.2. The van der Waals surface area contributed by atoms with E-state index in [1.165, 1.54) is 12.8 Å². The van der Waals surface area contributed by atoms with Crippen molar-refractivity contribution < 1.29 is 9.53 Å². The molecule has 16 heavy (non-hydrogen) atoms. The second kappa shape index (κ2) is 6.18. The second-order valence-corrected chi connectivity index (χ2v) is 4.48. The van der Waals surface area contributed by atoms with E-state index < -0.39 is 0 Å². The molecule has 92 valence electrons. The molecule has 5 nitrogen and oxygen atoms in total. The van der Waals surface area contributed by atoms with Crippen LogP contribution in [0.25, 0.3) is 0 Å². The van der Waals surface area contributed by atoms with Gasteiger partial charge in [0, 0.05) is 19.1 Å². The molecule has 2 fully saturated rings. The van der Waals surface area contributed by atoms with Crippen molar-refractivity contribution in [2.45, 2.75) is 31.7 Å². The summed E-state index contributed by atoms with van der Waals surface area (Å²) < 4.78 is 5.23. The van der Waals surface area contributed by atoms with Crippen molar-refractivity contribution in [1.29, 1.82) is 0 Å². The first kappa shape index (κ1) is 11.8. The molecule has 1 aliphatic carbocycles. The molecule has 1 amide bonds. The summed E-state index contributed by atoms with van der Waals surface area (Å²) in [5, 5.41) is 5.11. The number of nitrogens with one attached hydrogen (secondary N) is 2. The van der Waals surface area contributed by atoms with Crippen LogP contribution >= 0.6 is 0 Å². The van der Waals surface area contributed by atoms with Gasteiger partial charge in [-0.3, -0.25) is 4.79 Å². The van der Waals surface area contributed by atoms with Crippen LogP contribution in [0.4, 0.5) is 0 Å². The molecule has 1 aliphatic heterocycles. The lowest BCUT2D eigenvalue weighted by molar-refractivity contribution is -0.122. The number of morpholine rings is 1. The monoisotopic (exact) mass is 227 g/mol. The number of amides is 1. The number of carbonyl (C=O) groups excluding carboxylic acids is 1. The van der Waals surface area contributed by atoms with E-state index in [-0.39, 0.29) is 5.91 Å². The van der Waals surface area contributed by atoms with E-state index in [2.05, 4.69) is 15.8 Å². The van der Waals surface area contributed by atoms with Gasteiger partial charge in [-0.05, 0) is 12.8 Å². The summed E-state index contributed by atoms with van der Waals surface area (Å²) in [7, 11) is 0. The molecule has 0 bridgehead atoms. The maximum Gasteiger partial charge on any atom is 0.235 e. The van der Waals surface area contributed by atoms with Crippen LogP contribution in [0.3, 0.4) is 0 Å². The lowest BCUT2D eigenvalue weighted by Crippen LogP contribution is -2.50. The van der Waals surface area contributed by atoms with Crippen LogP contribution in [-0.2, 0) is 9.53 Å². The molecule has 0 aromatic carbocycles. The quantitative estimate of drug-likeness (QED) is 0.703. The van der Waals surface area contributed by atoms with Crippen LogP contribution < -0.4 is 10.7 Å². The summed E-state index contributed by atoms with van der Waals surface area (Å²) in [6, 6.07) is 0.416. The van der Waals surface area contributed by atoms with Gasteiger partial charge in [0.25, 0.3) is 0 Å². The van der Waals surface area contributed by atoms with Crippen LogP contribution in [-0.4, -0.2) is 49.8 Å². The first-order chi connectivity index (χ1) is 7.84. The highest BCUT2D eigenvalue weighted by Crippen LogP contribution is 2.17. The van der Waals surface area contributed by atoms with Gasteiger partial charge in [0.05, 0.1) is 19.8 Å². The molecule has 5 heteroatoms. The Morgan fingerprint density at radius 2 is 1.94 bits per heavy atom. The minimum absolute atomic E-state index is 0.110. The van der Waals surface area contributed by atoms with Crippen molar-refractivity contribution in [2.75, 3.05) is 32.8 Å². The van der Waals surface area contributed by atoms with Gasteiger partial charge in [-0.25, -0.2) is 10.4 Å². The third-order valence-electron chi connectivity index (χ3n) is 3.19. The summed E-state index contributed by atoms with van der Waals surface area (Å²) in [4.78, 5) is 11.6. The van der Waals surface area contributed by atoms with E-state index in [1.807, 2.05) is 0 Å². The van der Waals surface area contributed by atoms with Crippen LogP contribution in [0.15, 0.2) is 0 Å². The SMILES string of the molecule is O=C(CNN1CCOCC1)NC1CCCC1. The fraction of sp³-hybridized carbons (Fsp3) is 0.909. The van der Waals surface area contributed by atoms with Gasteiger partial charge in [0.2, 0.25) is 5.91 Å².